The molecule has 0 fully saturated rings. The minimum atomic E-state index is -0.355. The second kappa shape index (κ2) is 14.0. The fourth-order valence-electron chi connectivity index (χ4n) is 10.9. The Hall–Kier alpha value is -8.13. The van der Waals surface area contributed by atoms with Crippen LogP contribution < -0.4 is 0 Å². The fraction of sp³-hybridized carbons (Fsp3) is 0.0161. The lowest BCUT2D eigenvalue weighted by Crippen LogP contribution is -2.25. The molecule has 0 saturated carbocycles. The summed E-state index contributed by atoms with van der Waals surface area (Å²) in [5.74, 6) is 0. The van der Waals surface area contributed by atoms with Crippen molar-refractivity contribution in [1.29, 1.82) is 0 Å². The molecule has 0 saturated heterocycles. The molecule has 10 aromatic carbocycles. The van der Waals surface area contributed by atoms with Crippen LogP contribution in [0.15, 0.2) is 237 Å². The van der Waals surface area contributed by atoms with Crippen molar-refractivity contribution in [2.75, 3.05) is 0 Å². The van der Waals surface area contributed by atoms with Gasteiger partial charge in [-0.25, -0.2) is 4.98 Å². The monoisotopic (exact) mass is 797 g/mol. The molecule has 13 rings (SSSR count). The molecule has 1 nitrogen and oxygen atoms in total. The van der Waals surface area contributed by atoms with Gasteiger partial charge in [0.2, 0.25) is 0 Å². The Kier molecular flexibility index (Phi) is 7.89. The molecular formula is C62H39N. The van der Waals surface area contributed by atoms with Crippen LogP contribution >= 0.6 is 0 Å². The highest BCUT2D eigenvalue weighted by atomic mass is 14.7. The number of hydrogen-bond acceptors (Lipinski definition) is 1. The number of aromatic nitrogens is 1. The number of nitrogens with zero attached hydrogens (tertiary/aromatic N) is 1. The van der Waals surface area contributed by atoms with Gasteiger partial charge in [-0.3, -0.25) is 0 Å². The van der Waals surface area contributed by atoms with Crippen molar-refractivity contribution in [3.05, 3.63) is 259 Å². The second-order valence-corrected chi connectivity index (χ2v) is 17.0. The molecule has 2 aliphatic rings. The first-order valence-electron chi connectivity index (χ1n) is 21.9. The molecule has 0 atom stereocenters. The Morgan fingerprint density at radius 3 is 1.44 bits per heavy atom. The third-order valence-corrected chi connectivity index (χ3v) is 13.7. The smallest absolute Gasteiger partial charge is 0.0725 e. The van der Waals surface area contributed by atoms with Crippen LogP contribution in [-0.2, 0) is 5.41 Å². The van der Waals surface area contributed by atoms with Gasteiger partial charge in [0.15, 0.2) is 0 Å². The van der Waals surface area contributed by atoms with Crippen LogP contribution in [0.1, 0.15) is 22.3 Å². The largest absolute Gasteiger partial charge is 0.248 e. The zero-order valence-electron chi connectivity index (χ0n) is 34.5. The third kappa shape index (κ3) is 5.40. The molecule has 2 aliphatic carbocycles. The molecule has 1 aromatic heterocycles. The molecule has 1 heteroatoms. The van der Waals surface area contributed by atoms with Gasteiger partial charge in [0, 0.05) is 10.9 Å². The summed E-state index contributed by atoms with van der Waals surface area (Å²) in [4.78, 5) is 5.24. The van der Waals surface area contributed by atoms with Crippen molar-refractivity contribution in [2.24, 2.45) is 0 Å². The summed E-state index contributed by atoms with van der Waals surface area (Å²) >= 11 is 0. The number of benzene rings is 10. The molecular weight excluding hydrogens is 759 g/mol. The summed E-state index contributed by atoms with van der Waals surface area (Å²) in [6, 6.07) is 87.0. The molecule has 0 radical (unpaired) electrons. The average molecular weight is 798 g/mol. The van der Waals surface area contributed by atoms with Gasteiger partial charge in [0.25, 0.3) is 0 Å². The van der Waals surface area contributed by atoms with Crippen LogP contribution in [0.2, 0.25) is 0 Å². The first-order valence-corrected chi connectivity index (χ1v) is 21.9. The highest BCUT2D eigenvalue weighted by Crippen LogP contribution is 2.64. The Bertz CT molecular complexity index is 3560. The van der Waals surface area contributed by atoms with Crippen LogP contribution in [0.3, 0.4) is 0 Å². The van der Waals surface area contributed by atoms with Crippen LogP contribution in [-0.4, -0.2) is 4.98 Å². The predicted octanol–water partition coefficient (Wildman–Crippen LogP) is 16.1. The van der Waals surface area contributed by atoms with Crippen LogP contribution in [0.25, 0.3) is 99.7 Å². The van der Waals surface area contributed by atoms with Gasteiger partial charge in [0.05, 0.1) is 16.6 Å². The lowest BCUT2D eigenvalue weighted by Gasteiger charge is -2.30. The highest BCUT2D eigenvalue weighted by molar-refractivity contribution is 6.03. The maximum Gasteiger partial charge on any atom is 0.0725 e. The highest BCUT2D eigenvalue weighted by Gasteiger charge is 2.51. The normalized spacial score (nSPS) is 12.9. The first kappa shape index (κ1) is 35.6. The fourth-order valence-corrected chi connectivity index (χ4v) is 10.9. The lowest BCUT2D eigenvalue weighted by molar-refractivity contribution is 0.794. The molecule has 0 bridgehead atoms. The molecule has 11 aromatic rings. The molecule has 1 heterocycles. The molecule has 0 unspecified atom stereocenters. The number of fused-ring (bicyclic) bond motifs is 12. The van der Waals surface area contributed by atoms with E-state index in [9.17, 15) is 0 Å². The Labute approximate surface area is 367 Å². The maximum atomic E-state index is 5.24. The van der Waals surface area contributed by atoms with E-state index in [1.165, 1.54) is 99.8 Å². The van der Waals surface area contributed by atoms with E-state index in [0.29, 0.717) is 0 Å². The number of hydrogen-bond donors (Lipinski definition) is 0. The summed E-state index contributed by atoms with van der Waals surface area (Å²) < 4.78 is 0. The van der Waals surface area contributed by atoms with E-state index in [1.807, 2.05) is 0 Å². The zero-order valence-corrected chi connectivity index (χ0v) is 34.5. The summed E-state index contributed by atoms with van der Waals surface area (Å²) in [5.41, 5.74) is 23.1. The quantitative estimate of drug-likeness (QED) is 0.169. The first-order chi connectivity index (χ1) is 31.2. The predicted molar refractivity (Wildman–Crippen MR) is 263 cm³/mol. The van der Waals surface area contributed by atoms with E-state index >= 15 is 0 Å². The standard InChI is InChI=1S/C62H39N/c1-3-14-40(15-4-1)41-26-28-43(29-27-41)60-39-53(42-16-5-2-6-17-42)54-38-47(34-35-59(54)63-60)45-30-31-46-37-48(33-32-44(46)36-45)49-21-13-25-58-61(49)52-20-9-12-24-57(52)62(58)55-22-10-7-18-50(55)51-19-8-11-23-56(51)62/h1-39H. The Morgan fingerprint density at radius 1 is 0.270 bits per heavy atom. The molecule has 0 aliphatic heterocycles. The van der Waals surface area contributed by atoms with E-state index < -0.39 is 0 Å². The summed E-state index contributed by atoms with van der Waals surface area (Å²) in [6.07, 6.45) is 0. The van der Waals surface area contributed by atoms with Crippen molar-refractivity contribution in [1.82, 2.24) is 4.98 Å². The van der Waals surface area contributed by atoms with Crippen molar-refractivity contribution in [3.8, 4) is 78.0 Å². The summed E-state index contributed by atoms with van der Waals surface area (Å²) in [6.45, 7) is 0. The van der Waals surface area contributed by atoms with E-state index in [2.05, 4.69) is 237 Å². The van der Waals surface area contributed by atoms with E-state index in [0.717, 1.165) is 22.2 Å². The second-order valence-electron chi connectivity index (χ2n) is 17.0. The van der Waals surface area contributed by atoms with Gasteiger partial charge in [-0.05, 0) is 130 Å². The number of rotatable bonds is 5. The SMILES string of the molecule is c1ccc(-c2ccc(-c3cc(-c4ccccc4)c4cc(-c5ccc6cc(-c7cccc8c7-c7ccccc7C87c8ccccc8-c8ccccc87)ccc6c5)ccc4n3)cc2)cc1. The zero-order chi connectivity index (χ0) is 41.5. The van der Waals surface area contributed by atoms with Gasteiger partial charge < -0.3 is 0 Å². The molecule has 292 valence electrons. The van der Waals surface area contributed by atoms with Crippen molar-refractivity contribution >= 4 is 21.7 Å². The molecule has 0 amide bonds. The Balaban J connectivity index is 0.895. The van der Waals surface area contributed by atoms with Gasteiger partial charge in [-0.15, -0.1) is 0 Å². The van der Waals surface area contributed by atoms with E-state index in [1.54, 1.807) is 0 Å². The van der Waals surface area contributed by atoms with Gasteiger partial charge >= 0.3 is 0 Å². The van der Waals surface area contributed by atoms with Gasteiger partial charge in [-0.2, -0.15) is 0 Å². The molecule has 63 heavy (non-hydrogen) atoms. The van der Waals surface area contributed by atoms with Crippen LogP contribution in [0.4, 0.5) is 0 Å². The van der Waals surface area contributed by atoms with Crippen molar-refractivity contribution in [2.45, 2.75) is 5.41 Å². The van der Waals surface area contributed by atoms with E-state index in [-0.39, 0.29) is 5.41 Å². The molecule has 0 N–H and O–H groups in total. The topological polar surface area (TPSA) is 12.9 Å². The minimum absolute atomic E-state index is 0.355. The van der Waals surface area contributed by atoms with Crippen molar-refractivity contribution in [3.63, 3.8) is 0 Å². The van der Waals surface area contributed by atoms with Crippen molar-refractivity contribution < 1.29 is 0 Å². The van der Waals surface area contributed by atoms with Gasteiger partial charge in [0.1, 0.15) is 0 Å². The number of pyridine rings is 1. The minimum Gasteiger partial charge on any atom is -0.248 e. The van der Waals surface area contributed by atoms with E-state index in [4.69, 9.17) is 4.98 Å². The third-order valence-electron chi connectivity index (χ3n) is 13.7. The van der Waals surface area contributed by atoms with Crippen LogP contribution in [0, 0.1) is 0 Å². The Morgan fingerprint density at radius 2 is 0.746 bits per heavy atom. The maximum absolute atomic E-state index is 5.24. The van der Waals surface area contributed by atoms with Crippen LogP contribution in [0.5, 0.6) is 0 Å². The summed E-state index contributed by atoms with van der Waals surface area (Å²) in [5, 5.41) is 3.58. The summed E-state index contributed by atoms with van der Waals surface area (Å²) in [7, 11) is 0. The lowest BCUT2D eigenvalue weighted by atomic mass is 9.70. The van der Waals surface area contributed by atoms with Gasteiger partial charge in [-0.1, -0.05) is 206 Å². The molecule has 1 spiro atoms. The average Bonchev–Trinajstić information content (AvgIpc) is 3.84.